The lowest BCUT2D eigenvalue weighted by molar-refractivity contribution is -0.121. The van der Waals surface area contributed by atoms with Crippen LogP contribution in [0.2, 0.25) is 0 Å². The second-order valence-corrected chi connectivity index (χ2v) is 9.90. The topological polar surface area (TPSA) is 112 Å². The standard InChI is InChI=1S/C20H27N5O4S2/c1-4-24(5-2)31(28,29)17-8-6-15(7-9-17)14(3)22-18(26)12-16-13-30-20(23-16)25-11-10-21-19(25)27/h6-9,13-14H,4-5,10-12H2,1-3H3,(H,21,27)(H,22,26). The monoisotopic (exact) mass is 465 g/mol. The molecule has 31 heavy (non-hydrogen) atoms. The van der Waals surface area contributed by atoms with Gasteiger partial charge >= 0.3 is 6.03 Å². The van der Waals surface area contributed by atoms with Crippen LogP contribution in [0.3, 0.4) is 0 Å². The van der Waals surface area contributed by atoms with E-state index in [0.29, 0.717) is 37.0 Å². The number of benzene rings is 1. The van der Waals surface area contributed by atoms with Crippen molar-refractivity contribution in [3.05, 3.63) is 40.9 Å². The van der Waals surface area contributed by atoms with Gasteiger partial charge in [0.25, 0.3) is 0 Å². The van der Waals surface area contributed by atoms with E-state index in [0.717, 1.165) is 5.56 Å². The van der Waals surface area contributed by atoms with E-state index in [4.69, 9.17) is 0 Å². The Balaban J connectivity index is 1.60. The summed E-state index contributed by atoms with van der Waals surface area (Å²) in [5, 5.41) is 7.99. The maximum atomic E-state index is 12.6. The molecule has 2 N–H and O–H groups in total. The van der Waals surface area contributed by atoms with Gasteiger partial charge in [0.1, 0.15) is 0 Å². The van der Waals surface area contributed by atoms with Crippen LogP contribution in [0.25, 0.3) is 0 Å². The van der Waals surface area contributed by atoms with E-state index in [1.54, 1.807) is 48.4 Å². The largest absolute Gasteiger partial charge is 0.349 e. The summed E-state index contributed by atoms with van der Waals surface area (Å²) in [6.45, 7) is 7.42. The average molecular weight is 466 g/mol. The van der Waals surface area contributed by atoms with E-state index in [1.165, 1.54) is 15.6 Å². The molecule has 0 saturated carbocycles. The van der Waals surface area contributed by atoms with Gasteiger partial charge < -0.3 is 10.6 Å². The summed E-state index contributed by atoms with van der Waals surface area (Å²) in [6, 6.07) is 6.10. The van der Waals surface area contributed by atoms with E-state index in [2.05, 4.69) is 15.6 Å². The normalized spacial score (nSPS) is 15.2. The van der Waals surface area contributed by atoms with Gasteiger partial charge in [-0.25, -0.2) is 18.2 Å². The fourth-order valence-corrected chi connectivity index (χ4v) is 5.64. The fraction of sp³-hybridized carbons (Fsp3) is 0.450. The minimum absolute atomic E-state index is 0.102. The van der Waals surface area contributed by atoms with Crippen molar-refractivity contribution in [2.24, 2.45) is 0 Å². The van der Waals surface area contributed by atoms with Gasteiger partial charge in [0.15, 0.2) is 5.13 Å². The molecule has 1 aromatic heterocycles. The molecule has 0 bridgehead atoms. The molecule has 0 aliphatic carbocycles. The molecule has 0 radical (unpaired) electrons. The summed E-state index contributed by atoms with van der Waals surface area (Å²) in [4.78, 5) is 30.3. The van der Waals surface area contributed by atoms with Gasteiger partial charge in [-0.1, -0.05) is 26.0 Å². The molecular weight excluding hydrogens is 438 g/mol. The molecule has 1 unspecified atom stereocenters. The number of anilines is 1. The molecule has 3 rings (SSSR count). The summed E-state index contributed by atoms with van der Waals surface area (Å²) in [5.41, 5.74) is 1.41. The second kappa shape index (κ2) is 9.75. The van der Waals surface area contributed by atoms with E-state index in [1.807, 2.05) is 6.92 Å². The average Bonchev–Trinajstić information content (AvgIpc) is 3.37. The van der Waals surface area contributed by atoms with Gasteiger partial charge in [0.05, 0.1) is 23.1 Å². The molecule has 1 fully saturated rings. The molecule has 1 aliphatic rings. The Bertz CT molecular complexity index is 1030. The first-order valence-corrected chi connectivity index (χ1v) is 12.5. The lowest BCUT2D eigenvalue weighted by atomic mass is 10.1. The van der Waals surface area contributed by atoms with Gasteiger partial charge in [0.2, 0.25) is 15.9 Å². The Morgan fingerprint density at radius 2 is 1.97 bits per heavy atom. The number of carbonyl (C=O) groups excluding carboxylic acids is 2. The van der Waals surface area contributed by atoms with Gasteiger partial charge in [-0.3, -0.25) is 9.69 Å². The molecule has 2 heterocycles. The highest BCUT2D eigenvalue weighted by atomic mass is 32.2. The Hall–Kier alpha value is -2.50. The van der Waals surface area contributed by atoms with Crippen molar-refractivity contribution in [1.82, 2.24) is 19.9 Å². The zero-order chi connectivity index (χ0) is 22.6. The highest BCUT2D eigenvalue weighted by molar-refractivity contribution is 7.89. The SMILES string of the molecule is CCN(CC)S(=O)(=O)c1ccc(C(C)NC(=O)Cc2csc(N3CCNC3=O)n2)cc1. The molecule has 2 aromatic rings. The fourth-order valence-electron chi connectivity index (χ4n) is 3.34. The molecule has 1 saturated heterocycles. The Kier molecular flexibility index (Phi) is 7.29. The van der Waals surface area contributed by atoms with Crippen molar-refractivity contribution in [2.75, 3.05) is 31.1 Å². The minimum atomic E-state index is -3.51. The molecule has 11 heteroatoms. The maximum Gasteiger partial charge on any atom is 0.323 e. The van der Waals surface area contributed by atoms with Crippen LogP contribution in [0.15, 0.2) is 34.5 Å². The lowest BCUT2D eigenvalue weighted by Crippen LogP contribution is -2.31. The van der Waals surface area contributed by atoms with E-state index in [-0.39, 0.29) is 29.3 Å². The number of carbonyl (C=O) groups is 2. The van der Waals surface area contributed by atoms with E-state index >= 15 is 0 Å². The summed E-state index contributed by atoms with van der Waals surface area (Å²) in [5.74, 6) is -0.199. The molecule has 1 atom stereocenters. The van der Waals surface area contributed by atoms with Crippen LogP contribution in [0.5, 0.6) is 0 Å². The smallest absolute Gasteiger partial charge is 0.323 e. The third-order valence-corrected chi connectivity index (χ3v) is 8.05. The number of rotatable bonds is 9. The number of nitrogens with one attached hydrogen (secondary N) is 2. The summed E-state index contributed by atoms with van der Waals surface area (Å²) >= 11 is 1.33. The lowest BCUT2D eigenvalue weighted by Gasteiger charge is -2.19. The Labute approximate surface area is 186 Å². The van der Waals surface area contributed by atoms with E-state index in [9.17, 15) is 18.0 Å². The van der Waals surface area contributed by atoms with Crippen LogP contribution in [-0.4, -0.2) is 55.8 Å². The van der Waals surface area contributed by atoms with Crippen molar-refractivity contribution in [3.8, 4) is 0 Å². The number of aromatic nitrogens is 1. The molecule has 168 valence electrons. The summed E-state index contributed by atoms with van der Waals surface area (Å²) in [6.07, 6.45) is 0.102. The maximum absolute atomic E-state index is 12.6. The van der Waals surface area contributed by atoms with Crippen molar-refractivity contribution in [2.45, 2.75) is 38.1 Å². The van der Waals surface area contributed by atoms with Gasteiger partial charge in [-0.2, -0.15) is 4.31 Å². The van der Waals surface area contributed by atoms with Crippen molar-refractivity contribution >= 4 is 38.4 Å². The zero-order valence-corrected chi connectivity index (χ0v) is 19.4. The van der Waals surface area contributed by atoms with Crippen LogP contribution in [-0.2, 0) is 21.2 Å². The third kappa shape index (κ3) is 5.23. The van der Waals surface area contributed by atoms with Crippen LogP contribution in [0, 0.1) is 0 Å². The van der Waals surface area contributed by atoms with Crippen molar-refractivity contribution in [3.63, 3.8) is 0 Å². The number of hydrogen-bond donors (Lipinski definition) is 2. The van der Waals surface area contributed by atoms with Gasteiger partial charge in [-0.05, 0) is 24.6 Å². The van der Waals surface area contributed by atoms with Crippen LogP contribution in [0.1, 0.15) is 38.1 Å². The van der Waals surface area contributed by atoms with Gasteiger partial charge in [0, 0.05) is 31.6 Å². The molecule has 1 aromatic carbocycles. The number of sulfonamides is 1. The molecule has 1 aliphatic heterocycles. The number of thiazole rings is 1. The molecule has 9 nitrogen and oxygen atoms in total. The summed E-state index contributed by atoms with van der Waals surface area (Å²) < 4.78 is 26.6. The first-order valence-electron chi connectivity index (χ1n) is 10.2. The second-order valence-electron chi connectivity index (χ2n) is 7.13. The van der Waals surface area contributed by atoms with E-state index < -0.39 is 10.0 Å². The molecule has 0 spiro atoms. The Morgan fingerprint density at radius 3 is 2.55 bits per heavy atom. The van der Waals surface area contributed by atoms with Crippen LogP contribution in [0.4, 0.5) is 9.93 Å². The third-order valence-electron chi connectivity index (χ3n) is 5.07. The van der Waals surface area contributed by atoms with Crippen LogP contribution >= 0.6 is 11.3 Å². The quantitative estimate of drug-likeness (QED) is 0.589. The first-order chi connectivity index (χ1) is 14.8. The van der Waals surface area contributed by atoms with Crippen LogP contribution < -0.4 is 15.5 Å². The van der Waals surface area contributed by atoms with Gasteiger partial charge in [-0.15, -0.1) is 11.3 Å². The molecular formula is C20H27N5O4S2. The van der Waals surface area contributed by atoms with Crippen molar-refractivity contribution < 1.29 is 18.0 Å². The highest BCUT2D eigenvalue weighted by Crippen LogP contribution is 2.23. The minimum Gasteiger partial charge on any atom is -0.349 e. The highest BCUT2D eigenvalue weighted by Gasteiger charge is 2.24. The first kappa shape index (κ1) is 23.2. The predicted octanol–water partition coefficient (Wildman–Crippen LogP) is 2.12. The summed E-state index contributed by atoms with van der Waals surface area (Å²) in [7, 11) is -3.51. The number of amides is 3. The van der Waals surface area contributed by atoms with Crippen molar-refractivity contribution in [1.29, 1.82) is 0 Å². The number of hydrogen-bond acceptors (Lipinski definition) is 6. The predicted molar refractivity (Wildman–Crippen MR) is 120 cm³/mol. The Morgan fingerprint density at radius 1 is 1.29 bits per heavy atom. The number of nitrogens with zero attached hydrogens (tertiary/aromatic N) is 3. The molecule has 3 amide bonds. The number of urea groups is 1. The zero-order valence-electron chi connectivity index (χ0n) is 17.8.